The average molecular weight is 237 g/mol. The van der Waals surface area contributed by atoms with Crippen LogP contribution >= 0.6 is 0 Å². The van der Waals surface area contributed by atoms with Crippen molar-refractivity contribution >= 4 is 5.96 Å². The maximum absolute atomic E-state index is 4.72. The van der Waals surface area contributed by atoms with Gasteiger partial charge in [0, 0.05) is 19.3 Å². The fraction of sp³-hybridized carbons (Fsp3) is 0.750. The van der Waals surface area contributed by atoms with Crippen molar-refractivity contribution in [3.05, 3.63) is 12.3 Å². The summed E-state index contributed by atoms with van der Waals surface area (Å²) in [7, 11) is 4.05. The maximum Gasteiger partial charge on any atom is 0.200 e. The lowest BCUT2D eigenvalue weighted by Crippen LogP contribution is -2.51. The molecule has 0 amide bonds. The Kier molecular flexibility index (Phi) is 3.69. The molecule has 0 aliphatic carbocycles. The molecule has 2 heterocycles. The Morgan fingerprint density at radius 3 is 2.82 bits per heavy atom. The van der Waals surface area contributed by atoms with Crippen molar-refractivity contribution in [3.63, 3.8) is 0 Å². The minimum absolute atomic E-state index is 0.290. The number of aliphatic imine (C=N–C) groups is 1. The van der Waals surface area contributed by atoms with Crippen LogP contribution in [0, 0.1) is 0 Å². The van der Waals surface area contributed by atoms with Crippen molar-refractivity contribution in [1.82, 2.24) is 20.9 Å². The Morgan fingerprint density at radius 1 is 1.47 bits per heavy atom. The van der Waals surface area contributed by atoms with Crippen LogP contribution in [-0.2, 0) is 0 Å². The van der Waals surface area contributed by atoms with E-state index in [4.69, 9.17) is 4.99 Å². The molecule has 2 aliphatic rings. The first-order chi connectivity index (χ1) is 8.14. The molecule has 5 nitrogen and oxygen atoms in total. The molecule has 1 atom stereocenters. The summed E-state index contributed by atoms with van der Waals surface area (Å²) >= 11 is 0. The molecule has 0 spiro atoms. The van der Waals surface area contributed by atoms with Crippen LogP contribution in [0.5, 0.6) is 0 Å². The molecule has 1 unspecified atom stereocenters. The van der Waals surface area contributed by atoms with Crippen molar-refractivity contribution < 1.29 is 0 Å². The fourth-order valence-electron chi connectivity index (χ4n) is 2.25. The van der Waals surface area contributed by atoms with Gasteiger partial charge in [0.25, 0.3) is 0 Å². The fourth-order valence-corrected chi connectivity index (χ4v) is 2.25. The minimum atomic E-state index is -0.290. The summed E-state index contributed by atoms with van der Waals surface area (Å²) in [6.45, 7) is 4.27. The molecule has 0 bridgehead atoms. The Balaban J connectivity index is 2.06. The number of nitrogens with one attached hydrogen (secondary N) is 3. The highest BCUT2D eigenvalue weighted by Crippen LogP contribution is 2.15. The number of piperidine rings is 1. The van der Waals surface area contributed by atoms with E-state index in [0.29, 0.717) is 6.04 Å². The summed E-state index contributed by atoms with van der Waals surface area (Å²) < 4.78 is 0. The van der Waals surface area contributed by atoms with Crippen molar-refractivity contribution in [2.24, 2.45) is 4.99 Å². The van der Waals surface area contributed by atoms with Gasteiger partial charge in [0.2, 0.25) is 0 Å². The highest BCUT2D eigenvalue weighted by molar-refractivity contribution is 5.82. The van der Waals surface area contributed by atoms with Crippen LogP contribution in [0.15, 0.2) is 17.3 Å². The van der Waals surface area contributed by atoms with Crippen LogP contribution in [0.4, 0.5) is 0 Å². The van der Waals surface area contributed by atoms with E-state index in [-0.39, 0.29) is 5.66 Å². The predicted molar refractivity (Wildman–Crippen MR) is 70.8 cm³/mol. The topological polar surface area (TPSA) is 51.7 Å². The second-order valence-electron chi connectivity index (χ2n) is 4.90. The summed E-state index contributed by atoms with van der Waals surface area (Å²) in [6.07, 6.45) is 6.36. The largest absolute Gasteiger partial charge is 0.343 e. The van der Waals surface area contributed by atoms with Crippen molar-refractivity contribution in [3.8, 4) is 0 Å². The van der Waals surface area contributed by atoms with Gasteiger partial charge in [-0.1, -0.05) is 0 Å². The molecular weight excluding hydrogens is 214 g/mol. The highest BCUT2D eigenvalue weighted by Gasteiger charge is 2.26. The quantitative estimate of drug-likeness (QED) is 0.636. The lowest BCUT2D eigenvalue weighted by Gasteiger charge is -2.36. The highest BCUT2D eigenvalue weighted by atomic mass is 15.3. The normalized spacial score (nSPS) is 29.7. The summed E-state index contributed by atoms with van der Waals surface area (Å²) in [5.41, 5.74) is -0.290. The van der Waals surface area contributed by atoms with Crippen molar-refractivity contribution in [2.75, 3.05) is 27.2 Å². The minimum Gasteiger partial charge on any atom is -0.343 e. The number of hydrogen-bond donors (Lipinski definition) is 3. The van der Waals surface area contributed by atoms with E-state index < -0.39 is 0 Å². The second-order valence-corrected chi connectivity index (χ2v) is 4.90. The maximum atomic E-state index is 4.72. The zero-order valence-corrected chi connectivity index (χ0v) is 11.0. The van der Waals surface area contributed by atoms with E-state index in [1.54, 1.807) is 0 Å². The number of hydrogen-bond acceptors (Lipinski definition) is 5. The van der Waals surface area contributed by atoms with Gasteiger partial charge in [-0.2, -0.15) is 0 Å². The van der Waals surface area contributed by atoms with E-state index >= 15 is 0 Å². The van der Waals surface area contributed by atoms with E-state index in [1.165, 1.54) is 12.8 Å². The first-order valence-electron chi connectivity index (χ1n) is 6.31. The zero-order valence-electron chi connectivity index (χ0n) is 11.0. The molecule has 0 radical (unpaired) electrons. The predicted octanol–water partition coefficient (Wildman–Crippen LogP) is 0.0787. The Morgan fingerprint density at radius 2 is 2.18 bits per heavy atom. The van der Waals surface area contributed by atoms with E-state index in [0.717, 1.165) is 19.0 Å². The monoisotopic (exact) mass is 237 g/mol. The number of nitrogens with zero attached hydrogens (tertiary/aromatic N) is 2. The number of rotatable bonds is 2. The van der Waals surface area contributed by atoms with Gasteiger partial charge in [-0.3, -0.25) is 5.32 Å². The average Bonchev–Trinajstić information content (AvgIpc) is 2.39. The molecular formula is C12H23N5. The molecule has 96 valence electrons. The van der Waals surface area contributed by atoms with E-state index in [1.807, 2.05) is 19.3 Å². The van der Waals surface area contributed by atoms with Gasteiger partial charge in [0.1, 0.15) is 5.66 Å². The van der Waals surface area contributed by atoms with Gasteiger partial charge in [0.15, 0.2) is 5.96 Å². The molecule has 1 fully saturated rings. The van der Waals surface area contributed by atoms with Gasteiger partial charge in [0.05, 0.1) is 0 Å². The Labute approximate surface area is 103 Å². The molecule has 17 heavy (non-hydrogen) atoms. The smallest absolute Gasteiger partial charge is 0.200 e. The molecule has 2 aliphatic heterocycles. The second kappa shape index (κ2) is 5.06. The van der Waals surface area contributed by atoms with Crippen molar-refractivity contribution in [1.29, 1.82) is 0 Å². The van der Waals surface area contributed by atoms with Gasteiger partial charge >= 0.3 is 0 Å². The Bertz CT molecular complexity index is 319. The number of likely N-dealkylation sites (N-methyl/N-ethyl adjacent to an activating group) is 1. The van der Waals surface area contributed by atoms with E-state index in [9.17, 15) is 0 Å². The van der Waals surface area contributed by atoms with E-state index in [2.05, 4.69) is 34.8 Å². The molecule has 0 saturated carbocycles. The first kappa shape index (κ1) is 12.4. The molecule has 0 aromatic rings. The molecule has 0 aromatic carbocycles. The summed E-state index contributed by atoms with van der Waals surface area (Å²) in [5, 5.41) is 9.84. The molecule has 5 heteroatoms. The van der Waals surface area contributed by atoms with Crippen LogP contribution < -0.4 is 16.0 Å². The van der Waals surface area contributed by atoms with Gasteiger partial charge in [-0.25, -0.2) is 4.99 Å². The van der Waals surface area contributed by atoms with Gasteiger partial charge in [-0.05, 0) is 46.0 Å². The van der Waals surface area contributed by atoms with Crippen LogP contribution in [-0.4, -0.2) is 49.7 Å². The molecule has 0 aromatic heterocycles. The van der Waals surface area contributed by atoms with Gasteiger partial charge in [-0.15, -0.1) is 0 Å². The lowest BCUT2D eigenvalue weighted by molar-refractivity contribution is 0.279. The van der Waals surface area contributed by atoms with Crippen LogP contribution in [0.25, 0.3) is 0 Å². The first-order valence-corrected chi connectivity index (χ1v) is 6.31. The summed E-state index contributed by atoms with van der Waals surface area (Å²) in [6, 6.07) is 0.579. The van der Waals surface area contributed by atoms with Crippen LogP contribution in [0.3, 0.4) is 0 Å². The third kappa shape index (κ3) is 2.79. The zero-order chi connectivity index (χ0) is 12.3. The van der Waals surface area contributed by atoms with Gasteiger partial charge < -0.3 is 15.5 Å². The molecule has 3 N–H and O–H groups in total. The van der Waals surface area contributed by atoms with Crippen LogP contribution in [0.2, 0.25) is 0 Å². The summed E-state index contributed by atoms with van der Waals surface area (Å²) in [5.74, 6) is 0.955. The molecule has 2 rings (SSSR count). The third-order valence-electron chi connectivity index (χ3n) is 3.66. The van der Waals surface area contributed by atoms with Crippen molar-refractivity contribution in [2.45, 2.75) is 31.5 Å². The molecule has 1 saturated heterocycles. The standard InChI is InChI=1S/C12H23N5/c1-12(13-2)6-9-15-11(16-12)17(3)10-4-7-14-8-5-10/h6,9-10,13-14H,4-5,7-8H2,1-3H3,(H,15,16). The SMILES string of the molecule is CNC1(C)C=CNC(N(C)C2CCNCC2)=N1. The third-order valence-corrected chi connectivity index (χ3v) is 3.66. The van der Waals surface area contributed by atoms with Crippen LogP contribution in [0.1, 0.15) is 19.8 Å². The summed E-state index contributed by atoms with van der Waals surface area (Å²) in [4.78, 5) is 6.98. The Hall–Kier alpha value is -1.07. The lowest BCUT2D eigenvalue weighted by atomic mass is 10.1. The number of guanidine groups is 1.